The lowest BCUT2D eigenvalue weighted by Crippen LogP contribution is -2.52. The molecule has 4 heteroatoms. The number of methoxy groups -OCH3 is 1. The number of hydrogen-bond donors (Lipinski definition) is 1. The number of nitrogens with one attached hydrogen (secondary N) is 1. The van der Waals surface area contributed by atoms with E-state index < -0.39 is 0 Å². The third kappa shape index (κ3) is 5.71. The Morgan fingerprint density at radius 1 is 1.47 bits per heavy atom. The minimum atomic E-state index is 0. The fraction of sp³-hybridized carbons (Fsp3) is 1.00. The molecule has 3 nitrogen and oxygen atoms in total. The summed E-state index contributed by atoms with van der Waals surface area (Å²) in [5.41, 5.74) is 0.270. The summed E-state index contributed by atoms with van der Waals surface area (Å²) in [7, 11) is 1.78. The fourth-order valence-corrected chi connectivity index (χ4v) is 2.20. The number of nitrogens with zero attached hydrogens (tertiary/aromatic N) is 1. The van der Waals surface area contributed by atoms with E-state index >= 15 is 0 Å². The third-order valence-electron chi connectivity index (χ3n) is 2.64. The molecule has 0 aromatic heterocycles. The van der Waals surface area contributed by atoms with Crippen LogP contribution in [0.5, 0.6) is 0 Å². The molecule has 0 unspecified atom stereocenters. The molecule has 1 saturated heterocycles. The molecule has 0 amide bonds. The fourth-order valence-electron chi connectivity index (χ4n) is 2.20. The molecule has 0 aromatic rings. The van der Waals surface area contributed by atoms with E-state index in [0.717, 1.165) is 32.8 Å². The van der Waals surface area contributed by atoms with Crippen LogP contribution in [-0.4, -0.2) is 50.8 Å². The van der Waals surface area contributed by atoms with Gasteiger partial charge in [0.2, 0.25) is 0 Å². The van der Waals surface area contributed by atoms with Gasteiger partial charge in [0.25, 0.3) is 0 Å². The van der Waals surface area contributed by atoms with Gasteiger partial charge in [0, 0.05) is 44.7 Å². The van der Waals surface area contributed by atoms with Crippen molar-refractivity contribution in [2.75, 3.05) is 39.9 Å². The topological polar surface area (TPSA) is 24.5 Å². The Bertz CT molecular complexity index is 176. The Hall–Kier alpha value is 0.170. The van der Waals surface area contributed by atoms with Gasteiger partial charge >= 0.3 is 0 Å². The van der Waals surface area contributed by atoms with E-state index in [1.54, 1.807) is 7.11 Å². The Balaban J connectivity index is 0.00000196. The predicted octanol–water partition coefficient (Wildman–Crippen LogP) is 1.37. The monoisotopic (exact) mass is 236 g/mol. The van der Waals surface area contributed by atoms with Crippen LogP contribution in [0.3, 0.4) is 0 Å². The van der Waals surface area contributed by atoms with E-state index in [4.69, 9.17) is 4.74 Å². The normalized spacial score (nSPS) is 23.6. The molecule has 1 fully saturated rings. The zero-order chi connectivity index (χ0) is 10.6. The maximum absolute atomic E-state index is 5.23. The van der Waals surface area contributed by atoms with Crippen molar-refractivity contribution in [3.05, 3.63) is 0 Å². The molecule has 0 spiro atoms. The minimum absolute atomic E-state index is 0. The largest absolute Gasteiger partial charge is 0.384 e. The first-order valence-electron chi connectivity index (χ1n) is 5.48. The second-order valence-corrected chi connectivity index (χ2v) is 5.19. The van der Waals surface area contributed by atoms with Crippen molar-refractivity contribution < 1.29 is 4.74 Å². The zero-order valence-corrected chi connectivity index (χ0v) is 11.2. The highest BCUT2D eigenvalue weighted by Gasteiger charge is 2.24. The first-order valence-corrected chi connectivity index (χ1v) is 5.48. The Morgan fingerprint density at radius 2 is 2.13 bits per heavy atom. The smallest absolute Gasteiger partial charge is 0.0525 e. The predicted molar refractivity (Wildman–Crippen MR) is 66.8 cm³/mol. The molecule has 1 aliphatic rings. The number of piperazine rings is 1. The molecule has 0 aromatic carbocycles. The summed E-state index contributed by atoms with van der Waals surface area (Å²) in [6.07, 6.45) is 0. The second kappa shape index (κ2) is 6.69. The van der Waals surface area contributed by atoms with Gasteiger partial charge in [-0.3, -0.25) is 4.90 Å². The first-order chi connectivity index (χ1) is 6.53. The van der Waals surface area contributed by atoms with Gasteiger partial charge < -0.3 is 10.1 Å². The van der Waals surface area contributed by atoms with Crippen LogP contribution in [0.25, 0.3) is 0 Å². The standard InChI is InChI=1S/C11H24N2O.ClH/c1-10-7-13(6-5-12-10)8-11(2,3)9-14-4;/h10,12H,5-9H2,1-4H3;1H/t10-;/m1./s1. The molecule has 1 aliphatic heterocycles. The molecule has 1 N–H and O–H groups in total. The molecule has 15 heavy (non-hydrogen) atoms. The summed E-state index contributed by atoms with van der Waals surface area (Å²) >= 11 is 0. The SMILES string of the molecule is COCC(C)(C)CN1CCN[C@H](C)C1.Cl. The first kappa shape index (κ1) is 15.2. The summed E-state index contributed by atoms with van der Waals surface area (Å²) in [6.45, 7) is 12.2. The Morgan fingerprint density at radius 3 is 2.67 bits per heavy atom. The number of ether oxygens (including phenoxy) is 1. The van der Waals surface area contributed by atoms with Crippen molar-refractivity contribution >= 4 is 12.4 Å². The van der Waals surface area contributed by atoms with Gasteiger partial charge in [-0.15, -0.1) is 12.4 Å². The summed E-state index contributed by atoms with van der Waals surface area (Å²) in [5.74, 6) is 0. The van der Waals surface area contributed by atoms with Crippen LogP contribution in [0.15, 0.2) is 0 Å². The van der Waals surface area contributed by atoms with Crippen molar-refractivity contribution in [3.63, 3.8) is 0 Å². The van der Waals surface area contributed by atoms with Crippen LogP contribution in [0, 0.1) is 5.41 Å². The lowest BCUT2D eigenvalue weighted by Gasteiger charge is -2.37. The van der Waals surface area contributed by atoms with Crippen LogP contribution in [0.1, 0.15) is 20.8 Å². The van der Waals surface area contributed by atoms with E-state index in [1.165, 1.54) is 0 Å². The maximum atomic E-state index is 5.23. The Kier molecular flexibility index (Phi) is 6.76. The van der Waals surface area contributed by atoms with Crippen LogP contribution in [-0.2, 0) is 4.74 Å². The highest BCUT2D eigenvalue weighted by atomic mass is 35.5. The molecule has 1 atom stereocenters. The summed E-state index contributed by atoms with van der Waals surface area (Å²) in [4.78, 5) is 2.53. The zero-order valence-electron chi connectivity index (χ0n) is 10.4. The molecular formula is C11H25ClN2O. The van der Waals surface area contributed by atoms with E-state index in [0.29, 0.717) is 6.04 Å². The quantitative estimate of drug-likeness (QED) is 0.798. The van der Waals surface area contributed by atoms with Crippen LogP contribution in [0.2, 0.25) is 0 Å². The number of halogens is 1. The Labute approximate surface area is 100.0 Å². The van der Waals surface area contributed by atoms with E-state index in [2.05, 4.69) is 31.0 Å². The second-order valence-electron chi connectivity index (χ2n) is 5.19. The van der Waals surface area contributed by atoms with Crippen LogP contribution in [0.4, 0.5) is 0 Å². The molecule has 92 valence electrons. The molecule has 0 aliphatic carbocycles. The van der Waals surface area contributed by atoms with Gasteiger partial charge in [-0.25, -0.2) is 0 Å². The lowest BCUT2D eigenvalue weighted by atomic mass is 9.93. The minimum Gasteiger partial charge on any atom is -0.384 e. The molecule has 1 heterocycles. The molecular weight excluding hydrogens is 212 g/mol. The average molecular weight is 237 g/mol. The summed E-state index contributed by atoms with van der Waals surface area (Å²) in [6, 6.07) is 0.627. The van der Waals surface area contributed by atoms with Gasteiger partial charge in [0.05, 0.1) is 6.61 Å². The molecule has 0 radical (unpaired) electrons. The van der Waals surface area contributed by atoms with Crippen molar-refractivity contribution in [1.29, 1.82) is 0 Å². The molecule has 1 rings (SSSR count). The van der Waals surface area contributed by atoms with Crippen molar-refractivity contribution in [2.24, 2.45) is 5.41 Å². The van der Waals surface area contributed by atoms with Crippen molar-refractivity contribution in [1.82, 2.24) is 10.2 Å². The van der Waals surface area contributed by atoms with Gasteiger partial charge in [-0.1, -0.05) is 13.8 Å². The average Bonchev–Trinajstić information content (AvgIpc) is 2.02. The number of hydrogen-bond acceptors (Lipinski definition) is 3. The van der Waals surface area contributed by atoms with Crippen LogP contribution < -0.4 is 5.32 Å². The van der Waals surface area contributed by atoms with Crippen LogP contribution >= 0.6 is 12.4 Å². The van der Waals surface area contributed by atoms with Crippen molar-refractivity contribution in [3.8, 4) is 0 Å². The van der Waals surface area contributed by atoms with Gasteiger partial charge in [0.15, 0.2) is 0 Å². The molecule has 0 saturated carbocycles. The van der Waals surface area contributed by atoms with E-state index in [-0.39, 0.29) is 17.8 Å². The maximum Gasteiger partial charge on any atom is 0.0525 e. The van der Waals surface area contributed by atoms with Gasteiger partial charge in [-0.2, -0.15) is 0 Å². The molecule has 0 bridgehead atoms. The highest BCUT2D eigenvalue weighted by molar-refractivity contribution is 5.85. The summed E-state index contributed by atoms with van der Waals surface area (Å²) < 4.78 is 5.23. The lowest BCUT2D eigenvalue weighted by molar-refractivity contribution is 0.0605. The third-order valence-corrected chi connectivity index (χ3v) is 2.64. The highest BCUT2D eigenvalue weighted by Crippen LogP contribution is 2.17. The number of rotatable bonds is 4. The van der Waals surface area contributed by atoms with Gasteiger partial charge in [-0.05, 0) is 6.92 Å². The van der Waals surface area contributed by atoms with Gasteiger partial charge in [0.1, 0.15) is 0 Å². The summed E-state index contributed by atoms with van der Waals surface area (Å²) in [5, 5.41) is 3.46. The van der Waals surface area contributed by atoms with Crippen molar-refractivity contribution in [2.45, 2.75) is 26.8 Å². The van der Waals surface area contributed by atoms with E-state index in [1.807, 2.05) is 0 Å². The van der Waals surface area contributed by atoms with E-state index in [9.17, 15) is 0 Å².